The maximum atomic E-state index is 13.6. The van der Waals surface area contributed by atoms with Crippen molar-refractivity contribution in [2.75, 3.05) is 24.4 Å². The van der Waals surface area contributed by atoms with Crippen LogP contribution in [0.4, 0.5) is 11.4 Å². The van der Waals surface area contributed by atoms with E-state index >= 15 is 0 Å². The number of rotatable bonds is 6. The zero-order valence-electron chi connectivity index (χ0n) is 17.8. The molecule has 32 heavy (non-hydrogen) atoms. The van der Waals surface area contributed by atoms with Crippen LogP contribution in [0.15, 0.2) is 72.4 Å². The predicted octanol–water partition coefficient (Wildman–Crippen LogP) is 5.06. The molecule has 0 aliphatic carbocycles. The fourth-order valence-electron chi connectivity index (χ4n) is 3.60. The second-order valence-electron chi connectivity index (χ2n) is 7.21. The quantitative estimate of drug-likeness (QED) is 0.534. The smallest absolute Gasteiger partial charge is 0.282 e. The molecule has 1 heterocycles. The standard InChI is InChI=1S/C25H21ClN2O4/c1-15-13-17(26)9-12-21(15)28-24(29)22(16-7-10-19(31-2)11-8-16)23(25(28)30)27-18-5-4-6-20(14-18)32-3/h4-14,27H,1-3H3. The van der Waals surface area contributed by atoms with Crippen molar-refractivity contribution in [2.45, 2.75) is 6.92 Å². The fraction of sp³-hybridized carbons (Fsp3) is 0.120. The Kier molecular flexibility index (Phi) is 5.88. The monoisotopic (exact) mass is 448 g/mol. The minimum Gasteiger partial charge on any atom is -0.497 e. The SMILES string of the molecule is COc1ccc(C2=C(Nc3cccc(OC)c3)C(=O)N(c3ccc(Cl)cc3C)C2=O)cc1. The second-order valence-corrected chi connectivity index (χ2v) is 7.65. The zero-order valence-corrected chi connectivity index (χ0v) is 18.6. The molecule has 7 heteroatoms. The number of carbonyl (C=O) groups is 2. The van der Waals surface area contributed by atoms with Gasteiger partial charge in [0, 0.05) is 16.8 Å². The van der Waals surface area contributed by atoms with Crippen molar-refractivity contribution >= 4 is 40.4 Å². The molecule has 0 fully saturated rings. The molecule has 0 aromatic heterocycles. The maximum Gasteiger partial charge on any atom is 0.282 e. The summed E-state index contributed by atoms with van der Waals surface area (Å²) in [6.07, 6.45) is 0. The molecule has 1 aliphatic heterocycles. The topological polar surface area (TPSA) is 67.9 Å². The molecule has 3 aromatic rings. The lowest BCUT2D eigenvalue weighted by atomic mass is 10.0. The van der Waals surface area contributed by atoms with Crippen LogP contribution in [0.3, 0.4) is 0 Å². The number of imide groups is 1. The van der Waals surface area contributed by atoms with E-state index in [1.807, 2.05) is 6.92 Å². The Morgan fingerprint density at radius 1 is 0.844 bits per heavy atom. The van der Waals surface area contributed by atoms with Crippen molar-refractivity contribution in [2.24, 2.45) is 0 Å². The Labute approximate surface area is 191 Å². The van der Waals surface area contributed by atoms with Crippen LogP contribution in [0.5, 0.6) is 11.5 Å². The van der Waals surface area contributed by atoms with E-state index in [-0.39, 0.29) is 11.3 Å². The predicted molar refractivity (Wildman–Crippen MR) is 125 cm³/mol. The van der Waals surface area contributed by atoms with E-state index in [4.69, 9.17) is 21.1 Å². The van der Waals surface area contributed by atoms with Crippen molar-refractivity contribution in [1.29, 1.82) is 0 Å². The Morgan fingerprint density at radius 2 is 1.56 bits per heavy atom. The fourth-order valence-corrected chi connectivity index (χ4v) is 3.83. The van der Waals surface area contributed by atoms with E-state index < -0.39 is 11.8 Å². The third kappa shape index (κ3) is 3.92. The first-order valence-electron chi connectivity index (χ1n) is 9.87. The van der Waals surface area contributed by atoms with Crippen molar-refractivity contribution in [3.63, 3.8) is 0 Å². The summed E-state index contributed by atoms with van der Waals surface area (Å²) in [5.41, 5.74) is 2.89. The Hall–Kier alpha value is -3.77. The lowest BCUT2D eigenvalue weighted by Gasteiger charge is -2.18. The maximum absolute atomic E-state index is 13.6. The highest BCUT2D eigenvalue weighted by Crippen LogP contribution is 2.36. The van der Waals surface area contributed by atoms with Gasteiger partial charge in [-0.25, -0.2) is 4.90 Å². The van der Waals surface area contributed by atoms with Crippen molar-refractivity contribution in [3.8, 4) is 11.5 Å². The van der Waals surface area contributed by atoms with Gasteiger partial charge in [0.05, 0.1) is 25.5 Å². The second kappa shape index (κ2) is 8.77. The first-order valence-corrected chi connectivity index (χ1v) is 10.3. The molecule has 0 saturated heterocycles. The minimum atomic E-state index is -0.450. The number of anilines is 2. The Bertz CT molecular complexity index is 1230. The molecule has 1 N–H and O–H groups in total. The van der Waals surface area contributed by atoms with Gasteiger partial charge < -0.3 is 14.8 Å². The highest BCUT2D eigenvalue weighted by molar-refractivity contribution is 6.46. The molecule has 6 nitrogen and oxygen atoms in total. The normalized spacial score (nSPS) is 13.6. The molecule has 2 amide bonds. The summed E-state index contributed by atoms with van der Waals surface area (Å²) in [6, 6.07) is 19.2. The van der Waals surface area contributed by atoms with Gasteiger partial charge in [-0.15, -0.1) is 0 Å². The molecule has 1 aliphatic rings. The van der Waals surface area contributed by atoms with E-state index in [0.29, 0.717) is 33.5 Å². The van der Waals surface area contributed by atoms with E-state index in [0.717, 1.165) is 5.56 Å². The minimum absolute atomic E-state index is 0.183. The third-order valence-electron chi connectivity index (χ3n) is 5.20. The molecule has 0 radical (unpaired) electrons. The van der Waals surface area contributed by atoms with E-state index in [2.05, 4.69) is 5.32 Å². The number of amides is 2. The van der Waals surface area contributed by atoms with Gasteiger partial charge in [0.1, 0.15) is 17.2 Å². The zero-order chi connectivity index (χ0) is 22.8. The molecular weight excluding hydrogens is 428 g/mol. The van der Waals surface area contributed by atoms with Gasteiger partial charge in [-0.1, -0.05) is 29.8 Å². The van der Waals surface area contributed by atoms with Gasteiger partial charge >= 0.3 is 0 Å². The summed E-state index contributed by atoms with van der Waals surface area (Å²) in [7, 11) is 3.13. The average Bonchev–Trinajstić information content (AvgIpc) is 3.03. The van der Waals surface area contributed by atoms with Gasteiger partial charge in [-0.05, 0) is 60.5 Å². The van der Waals surface area contributed by atoms with Crippen LogP contribution in [0.2, 0.25) is 5.02 Å². The average molecular weight is 449 g/mol. The van der Waals surface area contributed by atoms with Crippen LogP contribution in [-0.4, -0.2) is 26.0 Å². The van der Waals surface area contributed by atoms with Crippen LogP contribution in [0.1, 0.15) is 11.1 Å². The number of halogens is 1. The number of ether oxygens (including phenoxy) is 2. The number of hydrogen-bond donors (Lipinski definition) is 1. The van der Waals surface area contributed by atoms with E-state index in [1.165, 1.54) is 4.90 Å². The molecule has 3 aromatic carbocycles. The van der Waals surface area contributed by atoms with Crippen LogP contribution in [-0.2, 0) is 9.59 Å². The summed E-state index contributed by atoms with van der Waals surface area (Å²) in [5, 5.41) is 3.66. The summed E-state index contributed by atoms with van der Waals surface area (Å²) in [6.45, 7) is 1.81. The number of methoxy groups -OCH3 is 2. The van der Waals surface area contributed by atoms with Gasteiger partial charge in [-0.2, -0.15) is 0 Å². The molecule has 4 rings (SSSR count). The molecule has 162 valence electrons. The molecule has 0 atom stereocenters. The number of nitrogens with one attached hydrogen (secondary N) is 1. The summed E-state index contributed by atoms with van der Waals surface area (Å²) in [5.74, 6) is 0.410. The van der Waals surface area contributed by atoms with Gasteiger partial charge in [0.2, 0.25) is 0 Å². The lowest BCUT2D eigenvalue weighted by molar-refractivity contribution is -0.120. The van der Waals surface area contributed by atoms with E-state index in [9.17, 15) is 9.59 Å². The Morgan fingerprint density at radius 3 is 2.22 bits per heavy atom. The third-order valence-corrected chi connectivity index (χ3v) is 5.44. The first kappa shape index (κ1) is 21.5. The van der Waals surface area contributed by atoms with Gasteiger partial charge in [-0.3, -0.25) is 9.59 Å². The van der Waals surface area contributed by atoms with Crippen molar-refractivity contribution in [1.82, 2.24) is 0 Å². The Balaban J connectivity index is 1.83. The number of aryl methyl sites for hydroxylation is 1. The largest absolute Gasteiger partial charge is 0.497 e. The van der Waals surface area contributed by atoms with Crippen molar-refractivity contribution < 1.29 is 19.1 Å². The molecular formula is C25H21ClN2O4. The summed E-state index contributed by atoms with van der Waals surface area (Å²) < 4.78 is 10.5. The highest BCUT2D eigenvalue weighted by atomic mass is 35.5. The number of hydrogen-bond acceptors (Lipinski definition) is 5. The number of nitrogens with zero attached hydrogens (tertiary/aromatic N) is 1. The van der Waals surface area contributed by atoms with Crippen LogP contribution >= 0.6 is 11.6 Å². The van der Waals surface area contributed by atoms with E-state index in [1.54, 1.807) is 80.9 Å². The molecule has 0 spiro atoms. The van der Waals surface area contributed by atoms with Gasteiger partial charge in [0.25, 0.3) is 11.8 Å². The number of carbonyl (C=O) groups excluding carboxylic acids is 2. The highest BCUT2D eigenvalue weighted by Gasteiger charge is 2.40. The van der Waals surface area contributed by atoms with Gasteiger partial charge in [0.15, 0.2) is 0 Å². The summed E-state index contributed by atoms with van der Waals surface area (Å²) >= 11 is 6.08. The molecule has 0 bridgehead atoms. The van der Waals surface area contributed by atoms with Crippen LogP contribution in [0, 0.1) is 6.92 Å². The number of benzene rings is 3. The van der Waals surface area contributed by atoms with Crippen LogP contribution in [0.25, 0.3) is 5.57 Å². The molecule has 0 unspecified atom stereocenters. The van der Waals surface area contributed by atoms with Crippen molar-refractivity contribution in [3.05, 3.63) is 88.6 Å². The lowest BCUT2D eigenvalue weighted by Crippen LogP contribution is -2.33. The molecule has 0 saturated carbocycles. The first-order chi connectivity index (χ1) is 15.4. The summed E-state index contributed by atoms with van der Waals surface area (Å²) in [4.78, 5) is 28.2. The van der Waals surface area contributed by atoms with Crippen LogP contribution < -0.4 is 19.7 Å².